The zero-order valence-electron chi connectivity index (χ0n) is 88.6. The predicted molar refractivity (Wildman–Crippen MR) is 204 cm³/mol. The minimum Gasteiger partial charge on any atom is -0.756 e. The van der Waals surface area contributed by atoms with Crippen LogP contribution in [0.1, 0.15) is 277 Å². The van der Waals surface area contributed by atoms with Crippen LogP contribution < -0.4 is 4.89 Å². The van der Waals surface area contributed by atoms with Crippen molar-refractivity contribution in [1.82, 2.24) is 0 Å². The highest BCUT2D eigenvalue weighted by Gasteiger charge is 2.21. The van der Waals surface area contributed by atoms with Crippen LogP contribution in [-0.4, -0.2) is 70.0 Å². The van der Waals surface area contributed by atoms with Gasteiger partial charge < -0.3 is 27.9 Å². The second-order valence-corrected chi connectivity index (χ2v) is 10.1. The largest absolute Gasteiger partial charge is 0.756 e. The lowest BCUT2D eigenvalue weighted by Gasteiger charge is -2.28. The Labute approximate surface area is 395 Å². The van der Waals surface area contributed by atoms with Gasteiger partial charge in [-0.05, 0) is 12.7 Å². The Morgan fingerprint density at radius 1 is 0.600 bits per heavy atom. The van der Waals surface area contributed by atoms with E-state index in [-0.39, 0.29) is 11.0 Å². The highest BCUT2D eigenvalue weighted by molar-refractivity contribution is 7.45. The van der Waals surface area contributed by atoms with Crippen molar-refractivity contribution in [2.45, 2.75) is 198 Å². The van der Waals surface area contributed by atoms with Gasteiger partial charge in [0.2, 0.25) is 0 Å². The Morgan fingerprint density at radius 3 is 1.38 bits per heavy atom. The van der Waals surface area contributed by atoms with Gasteiger partial charge in [-0.25, -0.2) is 0 Å². The van der Waals surface area contributed by atoms with E-state index in [4.69, 9.17) is 85.0 Å². The summed E-state index contributed by atoms with van der Waals surface area (Å²) in [6, 6.07) is 0. The number of quaternary nitrogens is 1. The quantitative estimate of drug-likeness (QED) is 0.0345. The van der Waals surface area contributed by atoms with Gasteiger partial charge in [0.25, 0.3) is 7.82 Å². The monoisotopic (exact) mass is 796 g/mol. The van der Waals surface area contributed by atoms with E-state index in [1.54, 1.807) is 0 Å². The summed E-state index contributed by atoms with van der Waals surface area (Å²) in [4.78, 5) is 40.7. The van der Waals surface area contributed by atoms with E-state index < -0.39 is 238 Å². The molecule has 0 aromatic rings. The van der Waals surface area contributed by atoms with Crippen LogP contribution in [0.25, 0.3) is 0 Å². The molecule has 0 bridgehead atoms. The normalized spacial score (nSPS) is 40.6. The highest BCUT2D eigenvalue weighted by Crippen LogP contribution is 2.38. The molecule has 2 atom stereocenters. The van der Waals surface area contributed by atoms with Crippen LogP contribution in [0.15, 0.2) is 0 Å². The number of nitrogens with zero attached hydrogens (tertiary/aromatic N) is 1. The summed E-state index contributed by atoms with van der Waals surface area (Å²) in [6.45, 7) is -14.0. The molecule has 10 heteroatoms. The zero-order valence-corrected chi connectivity index (χ0v) is 27.5. The molecule has 50 heavy (non-hydrogen) atoms. The van der Waals surface area contributed by atoms with Crippen molar-refractivity contribution in [2.24, 2.45) is 0 Å². The molecule has 0 radical (unpaired) electrons. The van der Waals surface area contributed by atoms with Crippen LogP contribution in [-0.2, 0) is 32.7 Å². The van der Waals surface area contributed by atoms with E-state index in [2.05, 4.69) is 18.5 Å². The number of ether oxygens (including phenoxy) is 2. The van der Waals surface area contributed by atoms with Crippen molar-refractivity contribution in [3.63, 3.8) is 0 Å². The molecule has 0 aliphatic heterocycles. The first-order chi connectivity index (χ1) is 47.3. The van der Waals surface area contributed by atoms with Gasteiger partial charge in [-0.15, -0.1) is 0 Å². The molecular weight excluding hydrogens is 653 g/mol. The van der Waals surface area contributed by atoms with E-state index in [9.17, 15) is 19.0 Å². The SMILES string of the molecule is [2H]C([2H])([2H])C([2H])([2H])C([2H])([2H])C([2H])([2H])C([2H])([2H])C([2H])([2H])C([2H])([2H])C([2H])([2H])C([2H])([2H])C([2H])([2H])C([2H])([2H])C([2H])([2H])C([2H])([2H])C([2H])([2H])C([2H])([2H])C(=O)OCC(COP(=O)([O-])OCC[N+](C)(C)C)OC(=O)C([2H])([2H])C([2H])([2H])C([2H])([2H])C([2H])([2H])C([2H])([2H])C([2H])([2H])C([2H])([2H])C([2H])([2H])C([2H])([2H])C([2H])([2H])C([2H])([2H])C([2H])([2H])C([2H])([2H])C([2H])([2H])C([2H])([2H])[2H]. The Kier molecular flexibility index (Phi) is 6.31. The molecule has 2 unspecified atom stereocenters. The maximum absolute atomic E-state index is 14.0. The van der Waals surface area contributed by atoms with Gasteiger partial charge in [0, 0.05) is 97.7 Å². The van der Waals surface area contributed by atoms with Gasteiger partial charge >= 0.3 is 11.9 Å². The summed E-state index contributed by atoms with van der Waals surface area (Å²) in [5, 5.41) is 0. The average molecular weight is 796 g/mol. The van der Waals surface area contributed by atoms with E-state index in [0.717, 1.165) is 0 Å². The van der Waals surface area contributed by atoms with Crippen molar-refractivity contribution in [3.05, 3.63) is 0 Å². The summed E-state index contributed by atoms with van der Waals surface area (Å²) < 4.78 is 541. The minimum atomic E-state index is -5.95. The molecule has 0 aromatic carbocycles. The van der Waals surface area contributed by atoms with Gasteiger partial charge in [0.1, 0.15) is 19.8 Å². The number of hydrogen-bond acceptors (Lipinski definition) is 8. The molecule has 0 N–H and O–H groups in total. The first-order valence-corrected chi connectivity index (χ1v) is 14.6. The fourth-order valence-electron chi connectivity index (χ4n) is 1.99. The fraction of sp³-hybridized carbons (Fsp3) is 0.950. The third-order valence-corrected chi connectivity index (χ3v) is 4.90. The lowest BCUT2D eigenvalue weighted by atomic mass is 10.0. The van der Waals surface area contributed by atoms with Crippen LogP contribution in [0.5, 0.6) is 0 Å². The van der Waals surface area contributed by atoms with Gasteiger partial charge in [-0.1, -0.05) is 167 Å². The lowest BCUT2D eigenvalue weighted by molar-refractivity contribution is -0.870. The van der Waals surface area contributed by atoms with Gasteiger partial charge in [-0.2, -0.15) is 0 Å². The van der Waals surface area contributed by atoms with Crippen LogP contribution in [0.4, 0.5) is 0 Å². The van der Waals surface area contributed by atoms with Crippen molar-refractivity contribution in [1.29, 1.82) is 0 Å². The molecule has 9 nitrogen and oxygen atoms in total. The summed E-state index contributed by atoms with van der Waals surface area (Å²) >= 11 is 0. The second-order valence-electron chi connectivity index (χ2n) is 8.72. The second kappa shape index (κ2) is 33.8. The molecule has 0 aliphatic rings. The standard InChI is InChI=1S/C40H80NO8P/c1-6-8-10-12-14-16-18-20-22-24-26-28-30-32-39(42)46-36-38(37-48-50(44,45)47-35-34-41(3,4)5)49-40(43)33-31-29-27-25-23-21-19-17-15-13-11-9-7-2/h38H,6-37H2,1-5H3/i1D3,2D3,6D2,7D2,8D2,9D2,10D2,11D2,12D2,13D2,14D2,15D2,16D2,17D2,18D2,19D2,20D2,21D2,22D2,23D2,24D2,25D2,26D2,27D2,28D2,29D2,30D2,31D2,32D2,33D2. The summed E-state index contributed by atoms with van der Waals surface area (Å²) in [6.07, 6.45) is -151. The third-order valence-electron chi connectivity index (χ3n) is 3.93. The van der Waals surface area contributed by atoms with Crippen molar-refractivity contribution >= 4 is 19.8 Å². The number of rotatable bonds is 38. The van der Waals surface area contributed by atoms with Crippen LogP contribution in [0.3, 0.4) is 0 Å². The van der Waals surface area contributed by atoms with Crippen LogP contribution in [0.2, 0.25) is 0 Å². The molecule has 0 rings (SSSR count). The van der Waals surface area contributed by atoms with Crippen molar-refractivity contribution in [2.75, 3.05) is 47.5 Å². The third kappa shape index (κ3) is 36.8. The molecular formula is C40H80NO8P. The minimum absolute atomic E-state index is 0.0952. The number of esters is 2. The first kappa shape index (κ1) is 9.33. The summed E-state index contributed by atoms with van der Waals surface area (Å²) in [5.41, 5.74) is 0. The molecule has 0 saturated heterocycles. The van der Waals surface area contributed by atoms with E-state index in [0.29, 0.717) is 0 Å². The molecule has 0 spiro atoms. The Balaban J connectivity index is 8.27. The zero-order chi connectivity index (χ0) is 92.4. The number of carbonyl (C=O) groups is 2. The first-order valence-electron chi connectivity index (χ1n) is 44.1. The molecule has 298 valence electrons. The number of carbonyl (C=O) groups excluding carboxylic acids is 2. The van der Waals surface area contributed by atoms with Crippen LogP contribution >= 0.6 is 7.82 Å². The number of phosphoric ester groups is 1. The van der Waals surface area contributed by atoms with Gasteiger partial charge in [0.05, 0.1) is 27.7 Å². The topological polar surface area (TPSA) is 111 Å². The molecule has 0 aliphatic carbocycles. The Hall–Kier alpha value is -0.990. The van der Waals surface area contributed by atoms with Crippen LogP contribution in [0, 0.1) is 0 Å². The van der Waals surface area contributed by atoms with Crippen molar-refractivity contribution in [3.8, 4) is 0 Å². The fourth-order valence-corrected chi connectivity index (χ4v) is 2.72. The maximum Gasteiger partial charge on any atom is 0.306 e. The molecule has 0 fully saturated rings. The number of phosphoric acid groups is 1. The predicted octanol–water partition coefficient (Wildman–Crippen LogP) is 10.6. The van der Waals surface area contributed by atoms with E-state index in [1.807, 2.05) is 0 Å². The maximum atomic E-state index is 14.0. The van der Waals surface area contributed by atoms with Gasteiger partial charge in [-0.3, -0.25) is 14.2 Å². The smallest absolute Gasteiger partial charge is 0.306 e. The summed E-state index contributed by atoms with van der Waals surface area (Å²) in [5.74, 6) is -6.19. The van der Waals surface area contributed by atoms with Crippen molar-refractivity contribution < 1.29 is 127 Å². The molecule has 0 aromatic heterocycles. The summed E-state index contributed by atoms with van der Waals surface area (Å²) in [7, 11) is -1.60. The molecule has 0 saturated carbocycles. The molecule has 0 amide bonds. The van der Waals surface area contributed by atoms with E-state index >= 15 is 0 Å². The number of hydrogen-bond donors (Lipinski definition) is 0. The Morgan fingerprint density at radius 2 is 0.980 bits per heavy atom. The van der Waals surface area contributed by atoms with E-state index in [1.165, 1.54) is 21.1 Å². The highest BCUT2D eigenvalue weighted by atomic mass is 31.2. The van der Waals surface area contributed by atoms with Gasteiger partial charge in [0.15, 0.2) is 6.10 Å². The molecule has 0 heterocycles. The average Bonchev–Trinajstić information content (AvgIpc) is 0.684. The Bertz CT molecular complexity index is 3410. The lowest BCUT2D eigenvalue weighted by Crippen LogP contribution is -2.37. The number of likely N-dealkylation sites (N-methyl/N-ethyl adjacent to an activating group) is 1.